The van der Waals surface area contributed by atoms with Gasteiger partial charge in [-0.05, 0) is 41.1 Å². The lowest BCUT2D eigenvalue weighted by atomic mass is 10.1. The molecule has 0 radical (unpaired) electrons. The number of pyridine rings is 1. The summed E-state index contributed by atoms with van der Waals surface area (Å²) in [5, 5.41) is 10.0. The van der Waals surface area contributed by atoms with Crippen molar-refractivity contribution in [3.05, 3.63) is 91.3 Å². The molecule has 28 heavy (non-hydrogen) atoms. The zero-order chi connectivity index (χ0) is 18.8. The molecular formula is C23H17N5. The van der Waals surface area contributed by atoms with Crippen molar-refractivity contribution in [2.45, 2.75) is 0 Å². The van der Waals surface area contributed by atoms with Gasteiger partial charge >= 0.3 is 0 Å². The zero-order valence-corrected chi connectivity index (χ0v) is 15.0. The van der Waals surface area contributed by atoms with Crippen LogP contribution in [-0.4, -0.2) is 15.0 Å². The van der Waals surface area contributed by atoms with Gasteiger partial charge in [0.05, 0.1) is 17.4 Å². The lowest BCUT2D eigenvalue weighted by molar-refractivity contribution is 1.16. The van der Waals surface area contributed by atoms with Gasteiger partial charge in [-0.1, -0.05) is 48.5 Å². The first-order valence-electron chi connectivity index (χ1n) is 9.04. The number of benzene rings is 3. The van der Waals surface area contributed by atoms with E-state index in [1.54, 1.807) is 12.4 Å². The van der Waals surface area contributed by atoms with Gasteiger partial charge in [-0.3, -0.25) is 4.98 Å². The van der Waals surface area contributed by atoms with Gasteiger partial charge in [0.2, 0.25) is 5.95 Å². The third kappa shape index (κ3) is 3.33. The maximum atomic E-state index is 4.56. The molecule has 0 fully saturated rings. The predicted octanol–water partition coefficient (Wildman–Crippen LogP) is 5.67. The molecule has 0 saturated carbocycles. The number of rotatable bonds is 4. The lowest BCUT2D eigenvalue weighted by Crippen LogP contribution is -2.00. The smallest absolute Gasteiger partial charge is 0.229 e. The van der Waals surface area contributed by atoms with Crippen LogP contribution in [-0.2, 0) is 0 Å². The molecule has 0 atom stereocenters. The summed E-state index contributed by atoms with van der Waals surface area (Å²) in [5.74, 6) is 1.24. The Morgan fingerprint density at radius 2 is 1.39 bits per heavy atom. The minimum Gasteiger partial charge on any atom is -0.339 e. The number of anilines is 4. The van der Waals surface area contributed by atoms with E-state index in [4.69, 9.17) is 0 Å². The fourth-order valence-corrected chi connectivity index (χ4v) is 3.17. The molecule has 0 aliphatic rings. The summed E-state index contributed by atoms with van der Waals surface area (Å²) in [4.78, 5) is 13.4. The second kappa shape index (κ2) is 6.96. The first-order valence-corrected chi connectivity index (χ1v) is 9.04. The van der Waals surface area contributed by atoms with E-state index in [1.807, 2.05) is 48.5 Å². The third-order valence-electron chi connectivity index (χ3n) is 4.52. The van der Waals surface area contributed by atoms with Crippen LogP contribution in [0.2, 0.25) is 0 Å². The molecule has 134 valence electrons. The van der Waals surface area contributed by atoms with Crippen LogP contribution in [0.3, 0.4) is 0 Å². The van der Waals surface area contributed by atoms with Crippen molar-refractivity contribution in [2.75, 3.05) is 10.6 Å². The molecular weight excluding hydrogens is 346 g/mol. The Morgan fingerprint density at radius 3 is 2.32 bits per heavy atom. The highest BCUT2D eigenvalue weighted by atomic mass is 15.1. The Morgan fingerprint density at radius 1 is 0.607 bits per heavy atom. The Labute approximate surface area is 162 Å². The maximum absolute atomic E-state index is 4.56. The van der Waals surface area contributed by atoms with Crippen molar-refractivity contribution in [2.24, 2.45) is 0 Å². The summed E-state index contributed by atoms with van der Waals surface area (Å²) < 4.78 is 0. The van der Waals surface area contributed by atoms with Gasteiger partial charge in [-0.25, -0.2) is 4.98 Å². The molecule has 5 heteroatoms. The molecule has 5 nitrogen and oxygen atoms in total. The second-order valence-electron chi connectivity index (χ2n) is 6.49. The molecule has 2 N–H and O–H groups in total. The van der Waals surface area contributed by atoms with Crippen LogP contribution in [0.1, 0.15) is 0 Å². The minimum atomic E-state index is 0.536. The molecule has 3 aromatic carbocycles. The number of fused-ring (bicyclic) bond motifs is 2. The van der Waals surface area contributed by atoms with Crippen molar-refractivity contribution >= 4 is 44.8 Å². The Balaban J connectivity index is 1.39. The number of hydrogen-bond donors (Lipinski definition) is 2. The Bertz CT molecular complexity index is 1190. The standard InChI is InChI=1S/C23H17N5/c1-2-6-17-13-19(10-9-16(17)5-1)27-23-24-12-11-22(28-23)26-20-14-18-7-3-4-8-21(18)25-15-20/h1-15H,(H2,24,26,27,28). The van der Waals surface area contributed by atoms with E-state index in [1.165, 1.54) is 10.8 Å². The van der Waals surface area contributed by atoms with Gasteiger partial charge in [0.15, 0.2) is 0 Å². The molecule has 0 saturated heterocycles. The van der Waals surface area contributed by atoms with Gasteiger partial charge in [-0.2, -0.15) is 4.98 Å². The third-order valence-corrected chi connectivity index (χ3v) is 4.52. The highest BCUT2D eigenvalue weighted by Gasteiger charge is 2.03. The van der Waals surface area contributed by atoms with Crippen molar-refractivity contribution in [1.29, 1.82) is 0 Å². The van der Waals surface area contributed by atoms with Gasteiger partial charge in [0.1, 0.15) is 5.82 Å². The van der Waals surface area contributed by atoms with Crippen molar-refractivity contribution in [3.8, 4) is 0 Å². The van der Waals surface area contributed by atoms with E-state index < -0.39 is 0 Å². The van der Waals surface area contributed by atoms with Crippen LogP contribution in [0, 0.1) is 0 Å². The Hall–Kier alpha value is -3.99. The average Bonchev–Trinajstić information content (AvgIpc) is 2.74. The number of para-hydroxylation sites is 1. The summed E-state index contributed by atoms with van der Waals surface area (Å²) in [7, 11) is 0. The average molecular weight is 363 g/mol. The van der Waals surface area contributed by atoms with E-state index in [2.05, 4.69) is 55.9 Å². The van der Waals surface area contributed by atoms with Crippen molar-refractivity contribution in [1.82, 2.24) is 15.0 Å². The molecule has 2 aromatic heterocycles. The highest BCUT2D eigenvalue weighted by molar-refractivity contribution is 5.86. The molecule has 5 rings (SSSR count). The largest absolute Gasteiger partial charge is 0.339 e. The fraction of sp³-hybridized carbons (Fsp3) is 0. The van der Waals surface area contributed by atoms with E-state index in [9.17, 15) is 0 Å². The number of nitrogens with one attached hydrogen (secondary N) is 2. The first kappa shape index (κ1) is 16.2. The van der Waals surface area contributed by atoms with Crippen LogP contribution in [0.15, 0.2) is 91.3 Å². The van der Waals surface area contributed by atoms with Crippen molar-refractivity contribution in [3.63, 3.8) is 0 Å². The van der Waals surface area contributed by atoms with Gasteiger partial charge in [-0.15, -0.1) is 0 Å². The topological polar surface area (TPSA) is 62.7 Å². The van der Waals surface area contributed by atoms with Crippen LogP contribution >= 0.6 is 0 Å². The predicted molar refractivity (Wildman–Crippen MR) is 114 cm³/mol. The molecule has 0 aliphatic carbocycles. The number of hydrogen-bond acceptors (Lipinski definition) is 5. The summed E-state index contributed by atoms with van der Waals surface area (Å²) in [5.41, 5.74) is 2.80. The van der Waals surface area contributed by atoms with E-state index in [-0.39, 0.29) is 0 Å². The lowest BCUT2D eigenvalue weighted by Gasteiger charge is -2.09. The van der Waals surface area contributed by atoms with Crippen LogP contribution < -0.4 is 10.6 Å². The van der Waals surface area contributed by atoms with Crippen molar-refractivity contribution < 1.29 is 0 Å². The minimum absolute atomic E-state index is 0.536. The number of nitrogens with zero attached hydrogens (tertiary/aromatic N) is 3. The van der Waals surface area contributed by atoms with Gasteiger partial charge in [0.25, 0.3) is 0 Å². The quantitative estimate of drug-likeness (QED) is 0.431. The second-order valence-corrected chi connectivity index (χ2v) is 6.49. The molecule has 2 heterocycles. The first-order chi connectivity index (χ1) is 13.8. The highest BCUT2D eigenvalue weighted by Crippen LogP contribution is 2.23. The van der Waals surface area contributed by atoms with E-state index in [0.29, 0.717) is 11.8 Å². The molecule has 0 unspecified atom stereocenters. The SMILES string of the molecule is c1ccc2cc(Nc3nccc(Nc4cnc5ccccc5c4)n3)ccc2c1. The normalized spacial score (nSPS) is 10.9. The van der Waals surface area contributed by atoms with Gasteiger partial charge < -0.3 is 10.6 Å². The molecule has 0 spiro atoms. The summed E-state index contributed by atoms with van der Waals surface area (Å²) in [6, 6.07) is 26.4. The summed E-state index contributed by atoms with van der Waals surface area (Å²) >= 11 is 0. The summed E-state index contributed by atoms with van der Waals surface area (Å²) in [6.45, 7) is 0. The number of aromatic nitrogens is 3. The summed E-state index contributed by atoms with van der Waals surface area (Å²) in [6.07, 6.45) is 3.54. The maximum Gasteiger partial charge on any atom is 0.229 e. The molecule has 0 amide bonds. The van der Waals surface area contributed by atoms with Crippen LogP contribution in [0.4, 0.5) is 23.1 Å². The van der Waals surface area contributed by atoms with E-state index in [0.717, 1.165) is 22.3 Å². The van der Waals surface area contributed by atoms with Crippen LogP contribution in [0.25, 0.3) is 21.7 Å². The zero-order valence-electron chi connectivity index (χ0n) is 15.0. The molecule has 0 aliphatic heterocycles. The molecule has 5 aromatic rings. The fourth-order valence-electron chi connectivity index (χ4n) is 3.17. The van der Waals surface area contributed by atoms with Gasteiger partial charge in [0, 0.05) is 17.3 Å². The van der Waals surface area contributed by atoms with Crippen LogP contribution in [0.5, 0.6) is 0 Å². The molecule has 0 bridgehead atoms. The Kier molecular flexibility index (Phi) is 4.03. The van der Waals surface area contributed by atoms with E-state index >= 15 is 0 Å². The monoisotopic (exact) mass is 363 g/mol.